The quantitative estimate of drug-likeness (QED) is 0.640. The molecule has 0 radical (unpaired) electrons. The lowest BCUT2D eigenvalue weighted by atomic mass is 10.1. The fourth-order valence-corrected chi connectivity index (χ4v) is 2.88. The molecule has 0 aromatic heterocycles. The van der Waals surface area contributed by atoms with Crippen molar-refractivity contribution in [3.63, 3.8) is 0 Å². The first-order chi connectivity index (χ1) is 10.9. The van der Waals surface area contributed by atoms with Crippen LogP contribution in [-0.4, -0.2) is 43.2 Å². The molecule has 0 spiro atoms. The Balaban J connectivity index is 2.84. The number of ether oxygens (including phenoxy) is 2. The highest BCUT2D eigenvalue weighted by atomic mass is 79.9. The highest BCUT2D eigenvalue weighted by Gasteiger charge is 2.27. The van der Waals surface area contributed by atoms with Gasteiger partial charge in [0, 0.05) is 19.7 Å². The smallest absolute Gasteiger partial charge is 0.263 e. The summed E-state index contributed by atoms with van der Waals surface area (Å²) in [5, 5.41) is 0. The number of hydrogen-bond donors (Lipinski definition) is 0. The largest absolute Gasteiger partial charge is 0.480 e. The van der Waals surface area contributed by atoms with E-state index in [1.807, 2.05) is 4.90 Å². The van der Waals surface area contributed by atoms with Crippen LogP contribution in [0.3, 0.4) is 0 Å². The molecule has 0 bridgehead atoms. The number of nitrogens with zero attached hydrogens (tertiary/aromatic N) is 1. The minimum absolute atomic E-state index is 0.0908. The Kier molecular flexibility index (Phi) is 8.55. The van der Waals surface area contributed by atoms with E-state index in [0.29, 0.717) is 23.4 Å². The van der Waals surface area contributed by atoms with E-state index in [4.69, 9.17) is 9.47 Å². The van der Waals surface area contributed by atoms with Gasteiger partial charge in [-0.1, -0.05) is 13.8 Å². The van der Waals surface area contributed by atoms with Crippen LogP contribution in [0.1, 0.15) is 33.6 Å². The monoisotopic (exact) mass is 389 g/mol. The maximum Gasteiger partial charge on any atom is 0.263 e. The molecule has 0 saturated heterocycles. The number of carbonyl (C=O) groups is 1. The molecule has 0 aliphatic heterocycles. The minimum atomic E-state index is -0.658. The van der Waals surface area contributed by atoms with Crippen molar-refractivity contribution in [2.24, 2.45) is 0 Å². The van der Waals surface area contributed by atoms with Crippen molar-refractivity contribution in [3.8, 4) is 5.75 Å². The molecule has 1 unspecified atom stereocenters. The topological polar surface area (TPSA) is 38.8 Å². The van der Waals surface area contributed by atoms with E-state index in [9.17, 15) is 9.18 Å². The van der Waals surface area contributed by atoms with Crippen LogP contribution in [0.5, 0.6) is 5.75 Å². The van der Waals surface area contributed by atoms with Gasteiger partial charge in [0.15, 0.2) is 6.10 Å². The van der Waals surface area contributed by atoms with Gasteiger partial charge in [-0.15, -0.1) is 0 Å². The molecule has 0 fully saturated rings. The fourth-order valence-electron chi connectivity index (χ4n) is 2.44. The molecule has 0 N–H and O–H groups in total. The van der Waals surface area contributed by atoms with Gasteiger partial charge in [-0.25, -0.2) is 4.39 Å². The fraction of sp³-hybridized carbons (Fsp3) is 0.588. The number of carbonyl (C=O) groups excluding carboxylic acids is 1. The summed E-state index contributed by atoms with van der Waals surface area (Å²) in [6.45, 7) is 6.84. The Bertz CT molecular complexity index is 509. The third-order valence-corrected chi connectivity index (χ3v) is 4.37. The molecule has 1 aromatic carbocycles. The van der Waals surface area contributed by atoms with Gasteiger partial charge in [-0.05, 0) is 53.9 Å². The maximum absolute atomic E-state index is 13.1. The third kappa shape index (κ3) is 5.77. The van der Waals surface area contributed by atoms with E-state index >= 15 is 0 Å². The number of hydrogen-bond acceptors (Lipinski definition) is 3. The standard InChI is InChI=1S/C17H25BrFNO3/c1-5-14(6-2)20(9-10-22-4)17(21)12(3)23-16-8-7-13(19)11-15(16)18/h7-8,11-12,14H,5-6,9-10H2,1-4H3. The van der Waals surface area contributed by atoms with E-state index in [-0.39, 0.29) is 17.8 Å². The van der Waals surface area contributed by atoms with Crippen molar-refractivity contribution in [1.29, 1.82) is 0 Å². The summed E-state index contributed by atoms with van der Waals surface area (Å²) in [5.74, 6) is -0.00239. The van der Waals surface area contributed by atoms with Gasteiger partial charge in [-0.2, -0.15) is 0 Å². The minimum Gasteiger partial charge on any atom is -0.480 e. The summed E-state index contributed by atoms with van der Waals surface area (Å²) >= 11 is 3.25. The second-order valence-electron chi connectivity index (χ2n) is 5.33. The maximum atomic E-state index is 13.1. The van der Waals surface area contributed by atoms with Crippen LogP contribution < -0.4 is 4.74 Å². The SMILES string of the molecule is CCC(CC)N(CCOC)C(=O)C(C)Oc1ccc(F)cc1Br. The van der Waals surface area contributed by atoms with Gasteiger partial charge >= 0.3 is 0 Å². The number of methoxy groups -OCH3 is 1. The van der Waals surface area contributed by atoms with Gasteiger partial charge in [-0.3, -0.25) is 4.79 Å². The number of halogens is 2. The van der Waals surface area contributed by atoms with Gasteiger partial charge < -0.3 is 14.4 Å². The lowest BCUT2D eigenvalue weighted by Gasteiger charge is -2.32. The van der Waals surface area contributed by atoms with Crippen LogP contribution in [0, 0.1) is 5.82 Å². The summed E-state index contributed by atoms with van der Waals surface area (Å²) in [4.78, 5) is 14.6. The molecule has 0 aliphatic rings. The zero-order valence-electron chi connectivity index (χ0n) is 14.1. The van der Waals surface area contributed by atoms with E-state index in [1.165, 1.54) is 18.2 Å². The summed E-state index contributed by atoms with van der Waals surface area (Å²) in [5.41, 5.74) is 0. The molecule has 4 nitrogen and oxygen atoms in total. The van der Waals surface area contributed by atoms with Gasteiger partial charge in [0.05, 0.1) is 11.1 Å². The summed E-state index contributed by atoms with van der Waals surface area (Å²) in [6, 6.07) is 4.29. The molecule has 1 amide bonds. The first-order valence-electron chi connectivity index (χ1n) is 7.85. The Morgan fingerprint density at radius 1 is 1.35 bits per heavy atom. The molecule has 0 aliphatic carbocycles. The Morgan fingerprint density at radius 2 is 2.00 bits per heavy atom. The summed E-state index contributed by atoms with van der Waals surface area (Å²) in [6.07, 6.45) is 1.09. The predicted molar refractivity (Wildman–Crippen MR) is 92.1 cm³/mol. The van der Waals surface area contributed by atoms with Crippen LogP contribution in [0.15, 0.2) is 22.7 Å². The van der Waals surface area contributed by atoms with E-state index in [1.54, 1.807) is 14.0 Å². The second-order valence-corrected chi connectivity index (χ2v) is 6.18. The highest BCUT2D eigenvalue weighted by Crippen LogP contribution is 2.27. The van der Waals surface area contributed by atoms with Crippen molar-refractivity contribution in [2.45, 2.75) is 45.8 Å². The average Bonchev–Trinajstić information content (AvgIpc) is 2.53. The van der Waals surface area contributed by atoms with Crippen LogP contribution in [0.25, 0.3) is 0 Å². The van der Waals surface area contributed by atoms with Gasteiger partial charge in [0.2, 0.25) is 0 Å². The molecular formula is C17H25BrFNO3. The zero-order valence-corrected chi connectivity index (χ0v) is 15.7. The Hall–Kier alpha value is -1.14. The van der Waals surface area contributed by atoms with Crippen molar-refractivity contribution < 1.29 is 18.7 Å². The van der Waals surface area contributed by atoms with Crippen LogP contribution >= 0.6 is 15.9 Å². The zero-order chi connectivity index (χ0) is 17.4. The van der Waals surface area contributed by atoms with E-state index in [2.05, 4.69) is 29.8 Å². The summed E-state index contributed by atoms with van der Waals surface area (Å²) in [7, 11) is 1.62. The summed E-state index contributed by atoms with van der Waals surface area (Å²) < 4.78 is 24.4. The number of rotatable bonds is 9. The highest BCUT2D eigenvalue weighted by molar-refractivity contribution is 9.10. The van der Waals surface area contributed by atoms with Gasteiger partial charge in [0.25, 0.3) is 5.91 Å². The lowest BCUT2D eigenvalue weighted by Crippen LogP contribution is -2.47. The van der Waals surface area contributed by atoms with Crippen molar-refractivity contribution in [2.75, 3.05) is 20.3 Å². The van der Waals surface area contributed by atoms with Crippen LogP contribution in [0.2, 0.25) is 0 Å². The van der Waals surface area contributed by atoms with E-state index < -0.39 is 6.10 Å². The Labute approximate surface area is 146 Å². The number of amides is 1. The molecule has 1 rings (SSSR count). The third-order valence-electron chi connectivity index (χ3n) is 3.75. The van der Waals surface area contributed by atoms with Crippen LogP contribution in [-0.2, 0) is 9.53 Å². The Morgan fingerprint density at radius 3 is 2.52 bits per heavy atom. The molecule has 130 valence electrons. The molecule has 0 saturated carbocycles. The van der Waals surface area contributed by atoms with Crippen LogP contribution in [0.4, 0.5) is 4.39 Å². The normalized spacial score (nSPS) is 12.3. The molecule has 23 heavy (non-hydrogen) atoms. The predicted octanol–water partition coefficient (Wildman–Crippen LogP) is 4.02. The molecule has 6 heteroatoms. The molecule has 1 atom stereocenters. The lowest BCUT2D eigenvalue weighted by molar-refractivity contribution is -0.141. The second kappa shape index (κ2) is 9.88. The van der Waals surface area contributed by atoms with Gasteiger partial charge in [0.1, 0.15) is 11.6 Å². The van der Waals surface area contributed by atoms with Crippen molar-refractivity contribution in [3.05, 3.63) is 28.5 Å². The molecule has 1 aromatic rings. The first kappa shape index (κ1) is 19.9. The van der Waals surface area contributed by atoms with E-state index in [0.717, 1.165) is 12.8 Å². The average molecular weight is 390 g/mol. The number of benzene rings is 1. The first-order valence-corrected chi connectivity index (χ1v) is 8.64. The molecule has 0 heterocycles. The van der Waals surface area contributed by atoms with Crippen molar-refractivity contribution in [1.82, 2.24) is 4.90 Å². The van der Waals surface area contributed by atoms with Crippen molar-refractivity contribution >= 4 is 21.8 Å². The molecular weight excluding hydrogens is 365 g/mol.